The van der Waals surface area contributed by atoms with Gasteiger partial charge in [0.1, 0.15) is 0 Å². The lowest BCUT2D eigenvalue weighted by Gasteiger charge is -2.03. The fourth-order valence-electron chi connectivity index (χ4n) is 1.79. The van der Waals surface area contributed by atoms with Gasteiger partial charge in [0.15, 0.2) is 0 Å². The van der Waals surface area contributed by atoms with Crippen molar-refractivity contribution in [2.45, 2.75) is 39.5 Å². The van der Waals surface area contributed by atoms with Gasteiger partial charge in [-0.2, -0.15) is 5.26 Å². The van der Waals surface area contributed by atoms with Crippen LogP contribution in [0.4, 0.5) is 0 Å². The molecule has 2 rings (SSSR count). The molecule has 0 N–H and O–H groups in total. The average Bonchev–Trinajstić information content (AvgIpc) is 2.48. The standard InChI is InChI=1S/C10H11N.C9H11Cl/c1-8(2)10-5-3-9(7-11)4-6-10;1-7(2)8-3-5-9(10)6-4-8/h3-6,8H,1-2H3;3-7H,1-2H3. The van der Waals surface area contributed by atoms with Gasteiger partial charge >= 0.3 is 0 Å². The Morgan fingerprint density at radius 3 is 1.48 bits per heavy atom. The molecule has 2 aromatic rings. The zero-order chi connectivity index (χ0) is 15.8. The fourth-order valence-corrected chi connectivity index (χ4v) is 1.92. The van der Waals surface area contributed by atoms with Crippen molar-refractivity contribution in [2.24, 2.45) is 0 Å². The van der Waals surface area contributed by atoms with Gasteiger partial charge in [-0.1, -0.05) is 63.6 Å². The van der Waals surface area contributed by atoms with E-state index in [0.717, 1.165) is 10.6 Å². The summed E-state index contributed by atoms with van der Waals surface area (Å²) in [6.07, 6.45) is 0. The lowest BCUT2D eigenvalue weighted by Crippen LogP contribution is -1.85. The van der Waals surface area contributed by atoms with E-state index in [0.29, 0.717) is 11.8 Å². The molecule has 1 nitrogen and oxygen atoms in total. The third-order valence-electron chi connectivity index (χ3n) is 3.24. The van der Waals surface area contributed by atoms with Gasteiger partial charge in [-0.25, -0.2) is 0 Å². The molecule has 0 aromatic heterocycles. The summed E-state index contributed by atoms with van der Waals surface area (Å²) in [4.78, 5) is 0. The monoisotopic (exact) mass is 299 g/mol. The van der Waals surface area contributed by atoms with Crippen molar-refractivity contribution < 1.29 is 0 Å². The Balaban J connectivity index is 0.000000211. The molecule has 0 atom stereocenters. The quantitative estimate of drug-likeness (QED) is 0.653. The second-order valence-electron chi connectivity index (χ2n) is 5.59. The van der Waals surface area contributed by atoms with Gasteiger partial charge in [0.05, 0.1) is 11.6 Å². The second-order valence-corrected chi connectivity index (χ2v) is 6.03. The third kappa shape index (κ3) is 6.02. The zero-order valence-corrected chi connectivity index (χ0v) is 13.9. The number of nitriles is 1. The first-order valence-electron chi connectivity index (χ1n) is 7.19. The SMILES string of the molecule is CC(C)c1ccc(C#N)cc1.CC(C)c1ccc(Cl)cc1. The van der Waals surface area contributed by atoms with Gasteiger partial charge in [-0.15, -0.1) is 0 Å². The molecule has 0 unspecified atom stereocenters. The van der Waals surface area contributed by atoms with Crippen LogP contribution in [0.15, 0.2) is 48.5 Å². The number of rotatable bonds is 2. The minimum Gasteiger partial charge on any atom is -0.192 e. The minimum absolute atomic E-state index is 0.544. The predicted molar refractivity (Wildman–Crippen MR) is 90.8 cm³/mol. The molecular weight excluding hydrogens is 278 g/mol. The molecule has 2 aromatic carbocycles. The first kappa shape index (κ1) is 17.3. The molecule has 0 fully saturated rings. The summed E-state index contributed by atoms with van der Waals surface area (Å²) in [5.74, 6) is 1.14. The van der Waals surface area contributed by atoms with Gasteiger partial charge in [-0.3, -0.25) is 0 Å². The lowest BCUT2D eigenvalue weighted by molar-refractivity contribution is 0.866. The Hall–Kier alpha value is -1.78. The van der Waals surface area contributed by atoms with Crippen LogP contribution in [0.2, 0.25) is 5.02 Å². The Kier molecular flexibility index (Phi) is 6.99. The van der Waals surface area contributed by atoms with E-state index < -0.39 is 0 Å². The van der Waals surface area contributed by atoms with Crippen LogP contribution in [0, 0.1) is 11.3 Å². The summed E-state index contributed by atoms with van der Waals surface area (Å²) in [6, 6.07) is 17.8. The van der Waals surface area contributed by atoms with Gasteiger partial charge in [0.25, 0.3) is 0 Å². The van der Waals surface area contributed by atoms with Crippen molar-refractivity contribution in [3.63, 3.8) is 0 Å². The van der Waals surface area contributed by atoms with Gasteiger partial charge in [0, 0.05) is 5.02 Å². The van der Waals surface area contributed by atoms with Crippen molar-refractivity contribution in [2.75, 3.05) is 0 Å². The molecule has 0 heterocycles. The highest BCUT2D eigenvalue weighted by molar-refractivity contribution is 6.30. The number of halogens is 1. The largest absolute Gasteiger partial charge is 0.192 e. The molecule has 0 aliphatic rings. The molecule has 0 saturated heterocycles. The molecule has 0 radical (unpaired) electrons. The highest BCUT2D eigenvalue weighted by Gasteiger charge is 1.97. The van der Waals surface area contributed by atoms with Crippen molar-refractivity contribution in [3.05, 3.63) is 70.2 Å². The number of benzene rings is 2. The maximum absolute atomic E-state index is 8.52. The van der Waals surface area contributed by atoms with Crippen LogP contribution < -0.4 is 0 Å². The molecule has 110 valence electrons. The van der Waals surface area contributed by atoms with Crippen molar-refractivity contribution >= 4 is 11.6 Å². The van der Waals surface area contributed by atoms with Gasteiger partial charge in [0.2, 0.25) is 0 Å². The van der Waals surface area contributed by atoms with E-state index in [1.165, 1.54) is 11.1 Å². The fraction of sp³-hybridized carbons (Fsp3) is 0.316. The molecule has 0 aliphatic carbocycles. The van der Waals surface area contributed by atoms with Gasteiger partial charge in [-0.05, 0) is 47.2 Å². The summed E-state index contributed by atoms with van der Waals surface area (Å²) < 4.78 is 0. The Morgan fingerprint density at radius 2 is 1.14 bits per heavy atom. The van der Waals surface area contributed by atoms with Crippen LogP contribution in [0.5, 0.6) is 0 Å². The van der Waals surface area contributed by atoms with Crippen molar-refractivity contribution in [3.8, 4) is 6.07 Å². The normalized spacial score (nSPS) is 10.0. The smallest absolute Gasteiger partial charge is 0.0991 e. The van der Waals surface area contributed by atoms with Gasteiger partial charge < -0.3 is 0 Å². The maximum atomic E-state index is 8.52. The summed E-state index contributed by atoms with van der Waals surface area (Å²) >= 11 is 5.72. The van der Waals surface area contributed by atoms with E-state index in [-0.39, 0.29) is 0 Å². The molecule has 2 heteroatoms. The summed E-state index contributed by atoms with van der Waals surface area (Å²) in [6.45, 7) is 8.62. The van der Waals surface area contributed by atoms with E-state index in [1.54, 1.807) is 0 Å². The van der Waals surface area contributed by atoms with Crippen LogP contribution in [-0.2, 0) is 0 Å². The van der Waals surface area contributed by atoms with Crippen LogP contribution in [0.25, 0.3) is 0 Å². The zero-order valence-electron chi connectivity index (χ0n) is 13.1. The number of hydrogen-bond donors (Lipinski definition) is 0. The van der Waals surface area contributed by atoms with Crippen LogP contribution in [0.3, 0.4) is 0 Å². The van der Waals surface area contributed by atoms with Crippen LogP contribution >= 0.6 is 11.6 Å². The Morgan fingerprint density at radius 1 is 0.762 bits per heavy atom. The number of hydrogen-bond acceptors (Lipinski definition) is 1. The Bertz CT molecular complexity index is 574. The highest BCUT2D eigenvalue weighted by Crippen LogP contribution is 2.16. The summed E-state index contributed by atoms with van der Waals surface area (Å²) in [7, 11) is 0. The minimum atomic E-state index is 0.544. The predicted octanol–water partition coefficient (Wildman–Crippen LogP) is 6.15. The second kappa shape index (κ2) is 8.49. The van der Waals surface area contributed by atoms with Crippen molar-refractivity contribution in [1.82, 2.24) is 0 Å². The van der Waals surface area contributed by atoms with E-state index in [1.807, 2.05) is 36.4 Å². The molecule has 21 heavy (non-hydrogen) atoms. The van der Waals surface area contributed by atoms with E-state index >= 15 is 0 Å². The first-order chi connectivity index (χ1) is 9.93. The Labute approximate surface area is 133 Å². The molecule has 0 amide bonds. The highest BCUT2D eigenvalue weighted by atomic mass is 35.5. The summed E-state index contributed by atoms with van der Waals surface area (Å²) in [5.41, 5.74) is 3.35. The van der Waals surface area contributed by atoms with Crippen LogP contribution in [0.1, 0.15) is 56.2 Å². The van der Waals surface area contributed by atoms with E-state index in [4.69, 9.17) is 16.9 Å². The van der Waals surface area contributed by atoms with Crippen molar-refractivity contribution in [1.29, 1.82) is 5.26 Å². The maximum Gasteiger partial charge on any atom is 0.0991 e. The molecule has 0 bridgehead atoms. The summed E-state index contributed by atoms with van der Waals surface area (Å²) in [5, 5.41) is 9.33. The molecule has 0 saturated carbocycles. The molecule has 0 aliphatic heterocycles. The molecular formula is C19H22ClN. The van der Waals surface area contributed by atoms with E-state index in [9.17, 15) is 0 Å². The lowest BCUT2D eigenvalue weighted by atomic mass is 10.0. The van der Waals surface area contributed by atoms with E-state index in [2.05, 4.69) is 45.9 Å². The number of nitrogens with zero attached hydrogens (tertiary/aromatic N) is 1. The molecule has 0 spiro atoms. The first-order valence-corrected chi connectivity index (χ1v) is 7.57. The third-order valence-corrected chi connectivity index (χ3v) is 3.50. The average molecular weight is 300 g/mol. The van der Waals surface area contributed by atoms with Crippen LogP contribution in [-0.4, -0.2) is 0 Å². The topological polar surface area (TPSA) is 23.8 Å².